The first-order valence-electron chi connectivity index (χ1n) is 9.67. The molecule has 0 aliphatic rings. The number of ether oxygens (including phenoxy) is 2. The van der Waals surface area contributed by atoms with Gasteiger partial charge in [0, 0.05) is 6.54 Å². The molecule has 2 N–H and O–H groups in total. The van der Waals surface area contributed by atoms with E-state index in [2.05, 4.69) is 5.32 Å². The maximum Gasteiger partial charge on any atom is 0.260 e. The standard InChI is InChI=1S/C24H24FNO4/c1-17(30-23-11-7-19(8-12-23)18-5-3-2-4-6-18)24(28)26-15-21(27)16-29-22-13-9-20(25)10-14-22/h2-14,17,21,27H,15-16H2,1H3,(H,26,28)/t17-,21-/m0/s1. The Labute approximate surface area is 175 Å². The van der Waals surface area contributed by atoms with E-state index in [4.69, 9.17) is 9.47 Å². The van der Waals surface area contributed by atoms with Gasteiger partial charge in [0.05, 0.1) is 0 Å². The van der Waals surface area contributed by atoms with Crippen LogP contribution in [0.2, 0.25) is 0 Å². The molecule has 1 amide bonds. The number of nitrogens with one attached hydrogen (secondary N) is 1. The SMILES string of the molecule is C[C@H](Oc1ccc(-c2ccccc2)cc1)C(=O)NC[C@H](O)COc1ccc(F)cc1. The molecule has 0 aromatic heterocycles. The van der Waals surface area contributed by atoms with Crippen molar-refractivity contribution in [3.8, 4) is 22.6 Å². The fraction of sp³-hybridized carbons (Fsp3) is 0.208. The van der Waals surface area contributed by atoms with Crippen LogP contribution < -0.4 is 14.8 Å². The minimum Gasteiger partial charge on any atom is -0.491 e. The Morgan fingerprint density at radius 2 is 1.53 bits per heavy atom. The van der Waals surface area contributed by atoms with E-state index in [0.717, 1.165) is 11.1 Å². The van der Waals surface area contributed by atoms with Crippen molar-refractivity contribution in [3.05, 3.63) is 84.7 Å². The van der Waals surface area contributed by atoms with Crippen LogP contribution in [-0.4, -0.2) is 36.4 Å². The molecule has 0 saturated carbocycles. The molecular weight excluding hydrogens is 385 g/mol. The van der Waals surface area contributed by atoms with Crippen LogP contribution >= 0.6 is 0 Å². The molecule has 0 fully saturated rings. The molecule has 5 nitrogen and oxygen atoms in total. The van der Waals surface area contributed by atoms with Gasteiger partial charge in [-0.25, -0.2) is 4.39 Å². The van der Waals surface area contributed by atoms with Gasteiger partial charge in [0.1, 0.15) is 30.0 Å². The van der Waals surface area contributed by atoms with Crippen molar-refractivity contribution in [1.29, 1.82) is 0 Å². The minimum atomic E-state index is -0.906. The zero-order chi connectivity index (χ0) is 21.3. The lowest BCUT2D eigenvalue weighted by molar-refractivity contribution is -0.127. The molecule has 156 valence electrons. The third-order valence-corrected chi connectivity index (χ3v) is 4.41. The van der Waals surface area contributed by atoms with Gasteiger partial charge in [-0.15, -0.1) is 0 Å². The van der Waals surface area contributed by atoms with Crippen molar-refractivity contribution in [2.75, 3.05) is 13.2 Å². The van der Waals surface area contributed by atoms with Crippen LogP contribution in [0.4, 0.5) is 4.39 Å². The molecule has 2 atom stereocenters. The van der Waals surface area contributed by atoms with Crippen LogP contribution in [0.15, 0.2) is 78.9 Å². The van der Waals surface area contributed by atoms with Gasteiger partial charge in [0.2, 0.25) is 0 Å². The van der Waals surface area contributed by atoms with Crippen molar-refractivity contribution in [3.63, 3.8) is 0 Å². The number of hydrogen-bond donors (Lipinski definition) is 2. The number of aliphatic hydroxyl groups excluding tert-OH is 1. The monoisotopic (exact) mass is 409 g/mol. The molecule has 3 aromatic carbocycles. The fourth-order valence-electron chi connectivity index (χ4n) is 2.76. The minimum absolute atomic E-state index is 0.0146. The van der Waals surface area contributed by atoms with E-state index in [1.165, 1.54) is 24.3 Å². The first-order chi connectivity index (χ1) is 14.5. The summed E-state index contributed by atoms with van der Waals surface area (Å²) < 4.78 is 23.9. The molecule has 0 radical (unpaired) electrons. The second kappa shape index (κ2) is 10.4. The fourth-order valence-corrected chi connectivity index (χ4v) is 2.76. The van der Waals surface area contributed by atoms with Crippen molar-refractivity contribution < 1.29 is 23.8 Å². The molecule has 0 bridgehead atoms. The highest BCUT2D eigenvalue weighted by Gasteiger charge is 2.16. The topological polar surface area (TPSA) is 67.8 Å². The summed E-state index contributed by atoms with van der Waals surface area (Å²) in [5, 5.41) is 12.6. The second-order valence-electron chi connectivity index (χ2n) is 6.81. The highest BCUT2D eigenvalue weighted by atomic mass is 19.1. The average Bonchev–Trinajstić information content (AvgIpc) is 2.78. The zero-order valence-electron chi connectivity index (χ0n) is 16.6. The largest absolute Gasteiger partial charge is 0.491 e. The van der Waals surface area contributed by atoms with Gasteiger partial charge in [0.25, 0.3) is 5.91 Å². The van der Waals surface area contributed by atoms with Crippen LogP contribution in [0, 0.1) is 5.82 Å². The third-order valence-electron chi connectivity index (χ3n) is 4.41. The van der Waals surface area contributed by atoms with Crippen molar-refractivity contribution in [1.82, 2.24) is 5.32 Å². The summed E-state index contributed by atoms with van der Waals surface area (Å²) in [6, 6.07) is 23.0. The quantitative estimate of drug-likeness (QED) is 0.564. The van der Waals surface area contributed by atoms with Gasteiger partial charge < -0.3 is 19.9 Å². The average molecular weight is 409 g/mol. The lowest BCUT2D eigenvalue weighted by Gasteiger charge is -2.17. The van der Waals surface area contributed by atoms with Crippen LogP contribution in [0.25, 0.3) is 11.1 Å². The van der Waals surface area contributed by atoms with Crippen LogP contribution in [0.5, 0.6) is 11.5 Å². The smallest absolute Gasteiger partial charge is 0.260 e. The number of halogens is 1. The van der Waals surface area contributed by atoms with Crippen molar-refractivity contribution in [2.45, 2.75) is 19.1 Å². The summed E-state index contributed by atoms with van der Waals surface area (Å²) in [6.45, 7) is 1.63. The molecule has 6 heteroatoms. The number of carbonyl (C=O) groups is 1. The van der Waals surface area contributed by atoms with Crippen molar-refractivity contribution in [2.24, 2.45) is 0 Å². The lowest BCUT2D eigenvalue weighted by Crippen LogP contribution is -2.41. The molecule has 0 spiro atoms. The normalized spacial score (nSPS) is 12.6. The summed E-state index contributed by atoms with van der Waals surface area (Å²) in [5.41, 5.74) is 2.16. The lowest BCUT2D eigenvalue weighted by atomic mass is 10.1. The first kappa shape index (κ1) is 21.3. The predicted molar refractivity (Wildman–Crippen MR) is 113 cm³/mol. The number of carbonyl (C=O) groups excluding carboxylic acids is 1. The maximum absolute atomic E-state index is 12.9. The van der Waals surface area contributed by atoms with Gasteiger partial charge in [-0.3, -0.25) is 4.79 Å². The predicted octanol–water partition coefficient (Wildman–Crippen LogP) is 3.82. The number of amides is 1. The van der Waals surface area contributed by atoms with E-state index in [-0.39, 0.29) is 24.9 Å². The molecule has 3 rings (SSSR count). The Bertz CT molecular complexity index is 930. The summed E-state index contributed by atoms with van der Waals surface area (Å²) in [7, 11) is 0. The Hall–Kier alpha value is -3.38. The third kappa shape index (κ3) is 6.32. The van der Waals surface area contributed by atoms with E-state index in [1.807, 2.05) is 54.6 Å². The highest BCUT2D eigenvalue weighted by molar-refractivity contribution is 5.80. The Morgan fingerprint density at radius 3 is 2.20 bits per heavy atom. The van der Waals surface area contributed by atoms with Crippen LogP contribution in [0.1, 0.15) is 6.92 Å². The summed E-state index contributed by atoms with van der Waals surface area (Å²) in [6.07, 6.45) is -1.63. The van der Waals surface area contributed by atoms with E-state index in [0.29, 0.717) is 11.5 Å². The number of aliphatic hydroxyl groups is 1. The molecule has 3 aromatic rings. The summed E-state index contributed by atoms with van der Waals surface area (Å²) in [4.78, 5) is 12.2. The van der Waals surface area contributed by atoms with Gasteiger partial charge in [0.15, 0.2) is 6.10 Å². The second-order valence-corrected chi connectivity index (χ2v) is 6.81. The molecule has 0 saturated heterocycles. The Kier molecular flexibility index (Phi) is 7.40. The van der Waals surface area contributed by atoms with Crippen LogP contribution in [0.3, 0.4) is 0 Å². The highest BCUT2D eigenvalue weighted by Crippen LogP contribution is 2.22. The van der Waals surface area contributed by atoms with Crippen LogP contribution in [-0.2, 0) is 4.79 Å². The molecule has 0 aliphatic heterocycles. The van der Waals surface area contributed by atoms with E-state index < -0.39 is 12.2 Å². The Morgan fingerprint density at radius 1 is 0.933 bits per heavy atom. The number of benzene rings is 3. The van der Waals surface area contributed by atoms with Gasteiger partial charge >= 0.3 is 0 Å². The number of rotatable bonds is 9. The van der Waals surface area contributed by atoms with E-state index in [1.54, 1.807) is 6.92 Å². The molecular formula is C24H24FNO4. The zero-order valence-corrected chi connectivity index (χ0v) is 16.6. The van der Waals surface area contributed by atoms with Crippen molar-refractivity contribution >= 4 is 5.91 Å². The van der Waals surface area contributed by atoms with Gasteiger partial charge in [-0.1, -0.05) is 42.5 Å². The molecule has 30 heavy (non-hydrogen) atoms. The van der Waals surface area contributed by atoms with E-state index in [9.17, 15) is 14.3 Å². The maximum atomic E-state index is 12.9. The molecule has 0 unspecified atom stereocenters. The summed E-state index contributed by atoms with van der Waals surface area (Å²) in [5.74, 6) is 0.316. The van der Waals surface area contributed by atoms with Gasteiger partial charge in [-0.05, 0) is 54.4 Å². The van der Waals surface area contributed by atoms with Gasteiger partial charge in [-0.2, -0.15) is 0 Å². The summed E-state index contributed by atoms with van der Waals surface area (Å²) >= 11 is 0. The van der Waals surface area contributed by atoms with E-state index >= 15 is 0 Å². The molecule has 0 heterocycles. The number of hydrogen-bond acceptors (Lipinski definition) is 4. The molecule has 0 aliphatic carbocycles. The first-order valence-corrected chi connectivity index (χ1v) is 9.67. The Balaban J connectivity index is 1.42.